The summed E-state index contributed by atoms with van der Waals surface area (Å²) in [6.45, 7) is 1.88. The molecule has 0 radical (unpaired) electrons. The lowest BCUT2D eigenvalue weighted by Gasteiger charge is -2.30. The monoisotopic (exact) mass is 303 g/mol. The molecule has 21 heavy (non-hydrogen) atoms. The van der Waals surface area contributed by atoms with Crippen LogP contribution < -0.4 is 0 Å². The second-order valence-corrected chi connectivity index (χ2v) is 5.59. The predicted octanol–water partition coefficient (Wildman–Crippen LogP) is 3.94. The van der Waals surface area contributed by atoms with Crippen LogP contribution in [0.4, 0.5) is 17.6 Å². The number of alkyl halides is 3. The van der Waals surface area contributed by atoms with Crippen molar-refractivity contribution in [3.63, 3.8) is 0 Å². The molecule has 1 aliphatic rings. The zero-order chi connectivity index (χ0) is 15.8. The van der Waals surface area contributed by atoms with Gasteiger partial charge in [-0.25, -0.2) is 4.39 Å². The topological polar surface area (TPSA) is 20.3 Å². The number of halogens is 4. The van der Waals surface area contributed by atoms with E-state index in [-0.39, 0.29) is 11.5 Å². The van der Waals surface area contributed by atoms with Gasteiger partial charge < -0.3 is 4.90 Å². The zero-order valence-electron chi connectivity index (χ0n) is 11.9. The van der Waals surface area contributed by atoms with Crippen LogP contribution in [0.5, 0.6) is 0 Å². The third-order valence-corrected chi connectivity index (χ3v) is 3.83. The molecule has 116 valence electrons. The van der Waals surface area contributed by atoms with E-state index in [4.69, 9.17) is 0 Å². The molecule has 0 bridgehead atoms. The van der Waals surface area contributed by atoms with Gasteiger partial charge in [0.15, 0.2) is 0 Å². The van der Waals surface area contributed by atoms with Crippen molar-refractivity contribution in [2.75, 3.05) is 6.54 Å². The standard InChI is InChI=1S/C15H17F4NO/c1-9-7-12(16)5-6-13(9)14(21)20(8-15(17,18)19)10(2)11-3-4-11/h5-7,10-11H,3-4,8H2,1-2H3. The van der Waals surface area contributed by atoms with Crippen molar-refractivity contribution in [3.8, 4) is 0 Å². The molecule has 1 aromatic rings. The van der Waals surface area contributed by atoms with Crippen LogP contribution in [0.1, 0.15) is 35.7 Å². The first-order chi connectivity index (χ1) is 9.69. The maximum absolute atomic E-state index is 13.1. The van der Waals surface area contributed by atoms with Crippen molar-refractivity contribution in [3.05, 3.63) is 35.1 Å². The molecule has 1 unspecified atom stereocenters. The molecule has 0 N–H and O–H groups in total. The highest BCUT2D eigenvalue weighted by atomic mass is 19.4. The molecule has 1 atom stereocenters. The maximum atomic E-state index is 13.1. The Morgan fingerprint density at radius 1 is 1.38 bits per heavy atom. The van der Waals surface area contributed by atoms with Crippen LogP contribution in [0.25, 0.3) is 0 Å². The molecule has 0 spiro atoms. The van der Waals surface area contributed by atoms with Gasteiger partial charge in [-0.15, -0.1) is 0 Å². The number of benzene rings is 1. The first-order valence-corrected chi connectivity index (χ1v) is 6.83. The highest BCUT2D eigenvalue weighted by Crippen LogP contribution is 2.36. The fraction of sp³-hybridized carbons (Fsp3) is 0.533. The fourth-order valence-corrected chi connectivity index (χ4v) is 2.45. The van der Waals surface area contributed by atoms with Crippen LogP contribution >= 0.6 is 0 Å². The average molecular weight is 303 g/mol. The molecule has 0 aromatic heterocycles. The fourth-order valence-electron chi connectivity index (χ4n) is 2.45. The van der Waals surface area contributed by atoms with Gasteiger partial charge in [0.05, 0.1) is 0 Å². The van der Waals surface area contributed by atoms with Crippen molar-refractivity contribution in [2.45, 2.75) is 38.9 Å². The van der Waals surface area contributed by atoms with Gasteiger partial charge in [-0.3, -0.25) is 4.79 Å². The van der Waals surface area contributed by atoms with Crippen LogP contribution in [0.2, 0.25) is 0 Å². The molecule has 1 aliphatic carbocycles. The van der Waals surface area contributed by atoms with Crippen LogP contribution in [-0.4, -0.2) is 29.6 Å². The quantitative estimate of drug-likeness (QED) is 0.772. The van der Waals surface area contributed by atoms with E-state index >= 15 is 0 Å². The Hall–Kier alpha value is -1.59. The minimum atomic E-state index is -4.45. The lowest BCUT2D eigenvalue weighted by Crippen LogP contribution is -2.45. The van der Waals surface area contributed by atoms with Crippen molar-refractivity contribution in [1.82, 2.24) is 4.90 Å². The minimum Gasteiger partial charge on any atom is -0.327 e. The molecular formula is C15H17F4NO. The normalized spacial score (nSPS) is 16.7. The first-order valence-electron chi connectivity index (χ1n) is 6.83. The van der Waals surface area contributed by atoms with Gasteiger partial charge in [0.25, 0.3) is 5.91 Å². The van der Waals surface area contributed by atoms with Gasteiger partial charge in [0, 0.05) is 11.6 Å². The molecule has 6 heteroatoms. The molecule has 2 nitrogen and oxygen atoms in total. The van der Waals surface area contributed by atoms with Gasteiger partial charge in [-0.05, 0) is 56.4 Å². The van der Waals surface area contributed by atoms with Crippen LogP contribution in [0, 0.1) is 18.7 Å². The predicted molar refractivity (Wildman–Crippen MR) is 70.4 cm³/mol. The number of nitrogens with zero attached hydrogens (tertiary/aromatic N) is 1. The summed E-state index contributed by atoms with van der Waals surface area (Å²) in [6.07, 6.45) is -2.77. The Morgan fingerprint density at radius 3 is 2.48 bits per heavy atom. The van der Waals surface area contributed by atoms with Crippen LogP contribution in [0.15, 0.2) is 18.2 Å². The summed E-state index contributed by atoms with van der Waals surface area (Å²) in [4.78, 5) is 13.3. The molecular weight excluding hydrogens is 286 g/mol. The second kappa shape index (κ2) is 5.66. The van der Waals surface area contributed by atoms with E-state index in [0.29, 0.717) is 5.56 Å². The Bertz CT molecular complexity index is 537. The van der Waals surface area contributed by atoms with Crippen LogP contribution in [-0.2, 0) is 0 Å². The summed E-state index contributed by atoms with van der Waals surface area (Å²) in [5, 5.41) is 0. The Kier molecular flexibility index (Phi) is 4.25. The van der Waals surface area contributed by atoms with E-state index in [0.717, 1.165) is 29.9 Å². The smallest absolute Gasteiger partial charge is 0.327 e. The van der Waals surface area contributed by atoms with Crippen molar-refractivity contribution in [2.24, 2.45) is 5.92 Å². The molecule has 0 heterocycles. The number of hydrogen-bond acceptors (Lipinski definition) is 1. The Balaban J connectivity index is 2.28. The van der Waals surface area contributed by atoms with E-state index in [1.807, 2.05) is 0 Å². The van der Waals surface area contributed by atoms with Gasteiger partial charge >= 0.3 is 6.18 Å². The molecule has 0 aliphatic heterocycles. The Labute approximate surface area is 120 Å². The SMILES string of the molecule is Cc1cc(F)ccc1C(=O)N(CC(F)(F)F)C(C)C1CC1. The molecule has 1 fully saturated rings. The van der Waals surface area contributed by atoms with Gasteiger partial charge in [-0.2, -0.15) is 13.2 Å². The highest BCUT2D eigenvalue weighted by Gasteiger charge is 2.40. The number of aryl methyl sites for hydroxylation is 1. The minimum absolute atomic E-state index is 0.119. The van der Waals surface area contributed by atoms with Gasteiger partial charge in [0.2, 0.25) is 0 Å². The highest BCUT2D eigenvalue weighted by molar-refractivity contribution is 5.95. The number of hydrogen-bond donors (Lipinski definition) is 0. The van der Waals surface area contributed by atoms with Gasteiger partial charge in [-0.1, -0.05) is 0 Å². The lowest BCUT2D eigenvalue weighted by atomic mass is 10.1. The van der Waals surface area contributed by atoms with Crippen molar-refractivity contribution in [1.29, 1.82) is 0 Å². The largest absolute Gasteiger partial charge is 0.406 e. The summed E-state index contributed by atoms with van der Waals surface area (Å²) < 4.78 is 51.3. The molecule has 1 aromatic carbocycles. The summed E-state index contributed by atoms with van der Waals surface area (Å²) in [6, 6.07) is 3.02. The molecule has 1 saturated carbocycles. The van der Waals surface area contributed by atoms with E-state index < -0.39 is 30.5 Å². The lowest BCUT2D eigenvalue weighted by molar-refractivity contribution is -0.144. The first kappa shape index (κ1) is 15.8. The van der Waals surface area contributed by atoms with E-state index in [1.54, 1.807) is 6.92 Å². The average Bonchev–Trinajstić information content (AvgIpc) is 3.17. The Morgan fingerprint density at radius 2 is 2.00 bits per heavy atom. The van der Waals surface area contributed by atoms with Crippen molar-refractivity contribution < 1.29 is 22.4 Å². The molecule has 2 rings (SSSR count). The van der Waals surface area contributed by atoms with E-state index in [9.17, 15) is 22.4 Å². The maximum Gasteiger partial charge on any atom is 0.406 e. The third-order valence-electron chi connectivity index (χ3n) is 3.83. The van der Waals surface area contributed by atoms with E-state index in [2.05, 4.69) is 0 Å². The number of amides is 1. The summed E-state index contributed by atoms with van der Waals surface area (Å²) >= 11 is 0. The number of rotatable bonds is 4. The number of carbonyl (C=O) groups is 1. The van der Waals surface area contributed by atoms with Crippen molar-refractivity contribution >= 4 is 5.91 Å². The summed E-state index contributed by atoms with van der Waals surface area (Å²) in [7, 11) is 0. The van der Waals surface area contributed by atoms with Crippen LogP contribution in [0.3, 0.4) is 0 Å². The number of carbonyl (C=O) groups excluding carboxylic acids is 1. The van der Waals surface area contributed by atoms with Gasteiger partial charge in [0.1, 0.15) is 12.4 Å². The molecule has 0 saturated heterocycles. The summed E-state index contributed by atoms with van der Waals surface area (Å²) in [5.74, 6) is -1.08. The van der Waals surface area contributed by atoms with E-state index in [1.165, 1.54) is 13.0 Å². The summed E-state index contributed by atoms with van der Waals surface area (Å²) in [5.41, 5.74) is 0.461. The molecule has 1 amide bonds. The second-order valence-electron chi connectivity index (χ2n) is 5.59. The third kappa shape index (κ3) is 3.95. The zero-order valence-corrected chi connectivity index (χ0v) is 11.9.